The standard InChI is InChI=1S/C24H22N2O5S/c1-4-31-23(29)20-14(2)25-24-26(21(20)16-8-6-5-7-9-16)22(28)19(32-24)13-15-10-11-17(27)18(12-15)30-3/h5-13,21,27H,4H2,1-3H3/b19-13-/t21-/m1/s1. The quantitative estimate of drug-likeness (QED) is 0.604. The number of rotatable bonds is 5. The molecule has 1 aliphatic heterocycles. The van der Waals surface area contributed by atoms with E-state index in [-0.39, 0.29) is 17.9 Å². The number of aromatic nitrogens is 1. The first-order valence-corrected chi connectivity index (χ1v) is 10.9. The third-order valence-electron chi connectivity index (χ3n) is 5.13. The van der Waals surface area contributed by atoms with Crippen molar-refractivity contribution < 1.29 is 19.4 Å². The molecule has 1 N–H and O–H groups in total. The third-order valence-corrected chi connectivity index (χ3v) is 6.12. The summed E-state index contributed by atoms with van der Waals surface area (Å²) in [5.74, 6) is -0.154. The second-order valence-electron chi connectivity index (χ2n) is 7.14. The number of methoxy groups -OCH3 is 1. The van der Waals surface area contributed by atoms with Crippen molar-refractivity contribution in [1.29, 1.82) is 0 Å². The number of thiazole rings is 1. The first kappa shape index (κ1) is 21.6. The molecule has 1 atom stereocenters. The molecule has 164 valence electrons. The zero-order valence-corrected chi connectivity index (χ0v) is 18.7. The molecule has 0 amide bonds. The SMILES string of the molecule is CCOC(=O)C1=C(C)N=c2s/c(=C\c3ccc(O)c(OC)c3)c(=O)n2[C@@H]1c1ccccc1. The Morgan fingerprint density at radius 3 is 2.69 bits per heavy atom. The van der Waals surface area contributed by atoms with Gasteiger partial charge in [-0.2, -0.15) is 0 Å². The van der Waals surface area contributed by atoms with Crippen molar-refractivity contribution >= 4 is 23.4 Å². The zero-order chi connectivity index (χ0) is 22.8. The van der Waals surface area contributed by atoms with Gasteiger partial charge < -0.3 is 14.6 Å². The van der Waals surface area contributed by atoms with Crippen LogP contribution in [-0.4, -0.2) is 29.4 Å². The highest BCUT2D eigenvalue weighted by atomic mass is 32.1. The van der Waals surface area contributed by atoms with E-state index in [2.05, 4.69) is 4.99 Å². The lowest BCUT2D eigenvalue weighted by Gasteiger charge is -2.24. The lowest BCUT2D eigenvalue weighted by atomic mass is 9.96. The molecule has 0 saturated heterocycles. The van der Waals surface area contributed by atoms with Crippen molar-refractivity contribution in [3.05, 3.63) is 90.6 Å². The van der Waals surface area contributed by atoms with E-state index in [1.54, 1.807) is 36.6 Å². The van der Waals surface area contributed by atoms with Crippen LogP contribution < -0.4 is 19.6 Å². The van der Waals surface area contributed by atoms with Gasteiger partial charge in [0.15, 0.2) is 16.3 Å². The van der Waals surface area contributed by atoms with Gasteiger partial charge in [-0.15, -0.1) is 0 Å². The molecule has 2 aromatic carbocycles. The lowest BCUT2D eigenvalue weighted by Crippen LogP contribution is -2.39. The van der Waals surface area contributed by atoms with Crippen LogP contribution in [0.5, 0.6) is 11.5 Å². The number of phenolic OH excluding ortho intramolecular Hbond substituents is 1. The van der Waals surface area contributed by atoms with Crippen LogP contribution in [0.1, 0.15) is 31.0 Å². The maximum absolute atomic E-state index is 13.5. The van der Waals surface area contributed by atoms with Gasteiger partial charge in [0.1, 0.15) is 0 Å². The van der Waals surface area contributed by atoms with Gasteiger partial charge in [0.2, 0.25) is 0 Å². The molecule has 0 radical (unpaired) electrons. The minimum Gasteiger partial charge on any atom is -0.504 e. The molecule has 0 unspecified atom stereocenters. The van der Waals surface area contributed by atoms with Crippen LogP contribution >= 0.6 is 11.3 Å². The second-order valence-corrected chi connectivity index (χ2v) is 8.15. The number of hydrogen-bond acceptors (Lipinski definition) is 7. The number of carbonyl (C=O) groups excluding carboxylic acids is 1. The number of ether oxygens (including phenoxy) is 2. The molecule has 4 rings (SSSR count). The summed E-state index contributed by atoms with van der Waals surface area (Å²) in [6.07, 6.45) is 1.72. The van der Waals surface area contributed by atoms with E-state index in [1.807, 2.05) is 30.3 Å². The maximum Gasteiger partial charge on any atom is 0.338 e. The Labute approximate surface area is 188 Å². The molecule has 1 aliphatic rings. The Hall–Kier alpha value is -3.65. The lowest BCUT2D eigenvalue weighted by molar-refractivity contribution is -0.139. The molecular formula is C24H22N2O5S. The molecule has 7 nitrogen and oxygen atoms in total. The van der Waals surface area contributed by atoms with Crippen LogP contribution in [-0.2, 0) is 9.53 Å². The molecule has 0 spiro atoms. The van der Waals surface area contributed by atoms with Crippen LogP contribution in [0.4, 0.5) is 0 Å². The van der Waals surface area contributed by atoms with Crippen LogP contribution in [0, 0.1) is 0 Å². The van der Waals surface area contributed by atoms with Crippen LogP contribution in [0.2, 0.25) is 0 Å². The van der Waals surface area contributed by atoms with Crippen molar-refractivity contribution in [2.75, 3.05) is 13.7 Å². The first-order chi connectivity index (χ1) is 15.4. The van der Waals surface area contributed by atoms with Gasteiger partial charge in [-0.3, -0.25) is 9.36 Å². The summed E-state index contributed by atoms with van der Waals surface area (Å²) < 4.78 is 12.4. The minimum absolute atomic E-state index is 0.0184. The van der Waals surface area contributed by atoms with Crippen molar-refractivity contribution in [1.82, 2.24) is 4.57 Å². The molecule has 3 aromatic rings. The number of benzene rings is 2. The fourth-order valence-corrected chi connectivity index (χ4v) is 4.72. The largest absolute Gasteiger partial charge is 0.504 e. The highest BCUT2D eigenvalue weighted by molar-refractivity contribution is 7.07. The molecule has 8 heteroatoms. The smallest absolute Gasteiger partial charge is 0.338 e. The van der Waals surface area contributed by atoms with Gasteiger partial charge in [0.25, 0.3) is 5.56 Å². The fourth-order valence-electron chi connectivity index (χ4n) is 3.68. The normalized spacial score (nSPS) is 15.8. The predicted molar refractivity (Wildman–Crippen MR) is 121 cm³/mol. The predicted octanol–water partition coefficient (Wildman–Crippen LogP) is 2.51. The van der Waals surface area contributed by atoms with Crippen molar-refractivity contribution in [3.8, 4) is 11.5 Å². The number of hydrogen-bond donors (Lipinski definition) is 1. The van der Waals surface area contributed by atoms with Gasteiger partial charge in [0, 0.05) is 0 Å². The summed E-state index contributed by atoms with van der Waals surface area (Å²) in [5.41, 5.74) is 2.11. The van der Waals surface area contributed by atoms with Gasteiger partial charge in [-0.25, -0.2) is 9.79 Å². The number of esters is 1. The van der Waals surface area contributed by atoms with Gasteiger partial charge in [0.05, 0.1) is 35.6 Å². The monoisotopic (exact) mass is 450 g/mol. The van der Waals surface area contributed by atoms with Gasteiger partial charge in [-0.05, 0) is 43.2 Å². The third kappa shape index (κ3) is 3.85. The highest BCUT2D eigenvalue weighted by Gasteiger charge is 2.33. The Bertz CT molecular complexity index is 1390. The highest BCUT2D eigenvalue weighted by Crippen LogP contribution is 2.30. The Morgan fingerprint density at radius 2 is 2.00 bits per heavy atom. The first-order valence-electron chi connectivity index (χ1n) is 10.1. The van der Waals surface area contributed by atoms with E-state index in [4.69, 9.17) is 9.47 Å². The molecular weight excluding hydrogens is 428 g/mol. The molecule has 1 aromatic heterocycles. The van der Waals surface area contributed by atoms with Crippen LogP contribution in [0.25, 0.3) is 6.08 Å². The molecule has 32 heavy (non-hydrogen) atoms. The Kier molecular flexibility index (Phi) is 5.96. The van der Waals surface area contributed by atoms with Crippen LogP contribution in [0.15, 0.2) is 69.6 Å². The number of carbonyl (C=O) groups is 1. The molecule has 0 saturated carbocycles. The average Bonchev–Trinajstić information content (AvgIpc) is 3.09. The van der Waals surface area contributed by atoms with E-state index in [9.17, 15) is 14.7 Å². The van der Waals surface area contributed by atoms with E-state index >= 15 is 0 Å². The molecule has 0 fully saturated rings. The fraction of sp³-hybridized carbons (Fsp3) is 0.208. The van der Waals surface area contributed by atoms with Crippen molar-refractivity contribution in [2.24, 2.45) is 4.99 Å². The number of phenols is 1. The summed E-state index contributed by atoms with van der Waals surface area (Å²) in [6.45, 7) is 3.72. The summed E-state index contributed by atoms with van der Waals surface area (Å²) in [6, 6.07) is 13.6. The van der Waals surface area contributed by atoms with Crippen molar-refractivity contribution in [2.45, 2.75) is 19.9 Å². The van der Waals surface area contributed by atoms with Gasteiger partial charge in [-0.1, -0.05) is 47.7 Å². The summed E-state index contributed by atoms with van der Waals surface area (Å²) in [7, 11) is 1.46. The number of aromatic hydroxyl groups is 1. The Morgan fingerprint density at radius 1 is 1.25 bits per heavy atom. The summed E-state index contributed by atoms with van der Waals surface area (Å²) in [5, 5.41) is 9.84. The molecule has 0 aliphatic carbocycles. The summed E-state index contributed by atoms with van der Waals surface area (Å²) >= 11 is 1.24. The minimum atomic E-state index is -0.636. The second kappa shape index (κ2) is 8.84. The number of allylic oxidation sites excluding steroid dienone is 1. The van der Waals surface area contributed by atoms with E-state index < -0.39 is 12.0 Å². The average molecular weight is 451 g/mol. The molecule has 2 heterocycles. The van der Waals surface area contributed by atoms with E-state index in [0.717, 1.165) is 5.56 Å². The van der Waals surface area contributed by atoms with E-state index in [0.29, 0.717) is 31.9 Å². The number of fused-ring (bicyclic) bond motifs is 1. The summed E-state index contributed by atoms with van der Waals surface area (Å²) in [4.78, 5) is 31.4. The number of nitrogens with zero attached hydrogens (tertiary/aromatic N) is 2. The van der Waals surface area contributed by atoms with Crippen molar-refractivity contribution in [3.63, 3.8) is 0 Å². The Balaban J connectivity index is 1.93. The topological polar surface area (TPSA) is 90.1 Å². The maximum atomic E-state index is 13.5. The van der Waals surface area contributed by atoms with Gasteiger partial charge >= 0.3 is 5.97 Å². The van der Waals surface area contributed by atoms with E-state index in [1.165, 1.54) is 24.5 Å². The zero-order valence-electron chi connectivity index (χ0n) is 17.9. The van der Waals surface area contributed by atoms with Crippen LogP contribution in [0.3, 0.4) is 0 Å². The molecule has 0 bridgehead atoms.